The van der Waals surface area contributed by atoms with Gasteiger partial charge in [0, 0.05) is 21.2 Å². The molecule has 0 radical (unpaired) electrons. The largest absolute Gasteiger partial charge is 0.387 e. The first-order valence-electron chi connectivity index (χ1n) is 11.0. The number of rotatable bonds is 6. The van der Waals surface area contributed by atoms with E-state index in [4.69, 9.17) is 69.6 Å². The Morgan fingerprint density at radius 2 is 0.775 bits per heavy atom. The van der Waals surface area contributed by atoms with Gasteiger partial charge < -0.3 is 0 Å². The summed E-state index contributed by atoms with van der Waals surface area (Å²) in [6.07, 6.45) is 0. The van der Waals surface area contributed by atoms with E-state index in [0.29, 0.717) is 10.0 Å². The third kappa shape index (κ3) is 6.28. The predicted octanol–water partition coefficient (Wildman–Crippen LogP) is 9.00. The van der Waals surface area contributed by atoms with Crippen molar-refractivity contribution in [3.05, 3.63) is 136 Å². The molecule has 0 bridgehead atoms. The zero-order valence-corrected chi connectivity index (χ0v) is 24.2. The van der Waals surface area contributed by atoms with Crippen molar-refractivity contribution < 1.29 is 29.0 Å². The van der Waals surface area contributed by atoms with E-state index in [1.165, 1.54) is 72.8 Å². The van der Waals surface area contributed by atoms with Gasteiger partial charge in [-0.3, -0.25) is 9.59 Å². The van der Waals surface area contributed by atoms with E-state index in [-0.39, 0.29) is 53.5 Å². The van der Waals surface area contributed by atoms with Crippen LogP contribution in [0.4, 0.5) is 0 Å². The van der Waals surface area contributed by atoms with Crippen molar-refractivity contribution in [1.29, 1.82) is 0 Å². The molecule has 0 saturated carbocycles. The van der Waals surface area contributed by atoms with Crippen LogP contribution in [-0.4, -0.2) is 23.5 Å². The highest BCUT2D eigenvalue weighted by molar-refractivity contribution is 6.43. The number of halogens is 6. The molecule has 0 N–H and O–H groups in total. The SMILES string of the molecule is O=C(OOC(=O)c1ccc(Cl)c(C(=O)c2ccc(Cl)cc2)c1Cl)c1ccc(Cl)c(C(=O)c2ccc(Cl)cc2)c1Cl. The van der Waals surface area contributed by atoms with E-state index in [1.807, 2.05) is 0 Å². The van der Waals surface area contributed by atoms with Gasteiger partial charge in [0.05, 0.1) is 42.3 Å². The number of hydrogen-bond acceptors (Lipinski definition) is 6. The summed E-state index contributed by atoms with van der Waals surface area (Å²) >= 11 is 36.8. The van der Waals surface area contributed by atoms with Crippen LogP contribution in [-0.2, 0) is 9.78 Å². The summed E-state index contributed by atoms with van der Waals surface area (Å²) in [4.78, 5) is 60.8. The minimum Gasteiger partial charge on any atom is -0.288 e. The van der Waals surface area contributed by atoms with Crippen LogP contribution < -0.4 is 0 Å². The molecule has 4 aromatic rings. The number of carbonyl (C=O) groups is 4. The van der Waals surface area contributed by atoms with Crippen LogP contribution in [0.25, 0.3) is 0 Å². The average Bonchev–Trinajstić information content (AvgIpc) is 2.92. The molecule has 6 nitrogen and oxygen atoms in total. The molecule has 0 unspecified atom stereocenters. The van der Waals surface area contributed by atoms with Crippen LogP contribution in [0.1, 0.15) is 52.6 Å². The van der Waals surface area contributed by atoms with Gasteiger partial charge in [-0.05, 0) is 72.8 Å². The molecule has 4 rings (SSSR count). The zero-order valence-electron chi connectivity index (χ0n) is 19.6. The summed E-state index contributed by atoms with van der Waals surface area (Å²) in [6, 6.07) is 16.8. The summed E-state index contributed by atoms with van der Waals surface area (Å²) in [6.45, 7) is 0. The van der Waals surface area contributed by atoms with Crippen LogP contribution in [0.3, 0.4) is 0 Å². The summed E-state index contributed by atoms with van der Waals surface area (Å²) in [5.74, 6) is -3.57. The van der Waals surface area contributed by atoms with Gasteiger partial charge in [-0.25, -0.2) is 19.4 Å². The molecule has 0 aliphatic carbocycles. The summed E-state index contributed by atoms with van der Waals surface area (Å²) in [7, 11) is 0. The van der Waals surface area contributed by atoms with E-state index < -0.39 is 23.5 Å². The Morgan fingerprint density at radius 3 is 1.10 bits per heavy atom. The first kappa shape index (κ1) is 29.9. The Hall–Kier alpha value is -3.10. The van der Waals surface area contributed by atoms with E-state index in [0.717, 1.165) is 0 Å². The second-order valence-corrected chi connectivity index (χ2v) is 10.4. The maximum Gasteiger partial charge on any atom is 0.387 e. The van der Waals surface area contributed by atoms with Gasteiger partial charge in [0.25, 0.3) is 0 Å². The van der Waals surface area contributed by atoms with E-state index in [9.17, 15) is 19.2 Å². The third-order valence-corrected chi connectivity index (χ3v) is 7.40. The molecule has 0 fully saturated rings. The molecule has 0 heterocycles. The van der Waals surface area contributed by atoms with Crippen molar-refractivity contribution >= 4 is 93.1 Å². The lowest BCUT2D eigenvalue weighted by Crippen LogP contribution is -2.15. The molecule has 0 spiro atoms. The van der Waals surface area contributed by atoms with Gasteiger partial charge >= 0.3 is 11.9 Å². The predicted molar refractivity (Wildman–Crippen MR) is 154 cm³/mol. The fourth-order valence-electron chi connectivity index (χ4n) is 3.49. The molecule has 0 aromatic heterocycles. The molecular formula is C28H12Cl6O6. The number of carbonyl (C=O) groups excluding carboxylic acids is 4. The van der Waals surface area contributed by atoms with E-state index in [1.54, 1.807) is 0 Å². The standard InChI is InChI=1S/C28H12Cl6O6/c29-15-5-1-13(2-6-15)25(35)21-19(31)11-9-17(23(21)33)27(37)39-40-28(38)18-10-12-20(32)22(24(18)34)26(36)14-3-7-16(30)8-4-14/h1-12H. The summed E-state index contributed by atoms with van der Waals surface area (Å²) < 4.78 is 0. The summed E-state index contributed by atoms with van der Waals surface area (Å²) in [5, 5.41) is 0.127. The molecule has 4 aromatic carbocycles. The van der Waals surface area contributed by atoms with E-state index >= 15 is 0 Å². The van der Waals surface area contributed by atoms with E-state index in [2.05, 4.69) is 9.78 Å². The highest BCUT2D eigenvalue weighted by Crippen LogP contribution is 2.33. The average molecular weight is 657 g/mol. The molecule has 40 heavy (non-hydrogen) atoms. The van der Waals surface area contributed by atoms with Crippen molar-refractivity contribution in [2.45, 2.75) is 0 Å². The van der Waals surface area contributed by atoms with Gasteiger partial charge in [-0.15, -0.1) is 0 Å². The third-order valence-electron chi connectivity index (χ3n) is 5.48. The topological polar surface area (TPSA) is 86.7 Å². The maximum atomic E-state index is 13.0. The Bertz CT molecular complexity index is 1540. The van der Waals surface area contributed by atoms with Crippen LogP contribution in [0.15, 0.2) is 72.8 Å². The first-order valence-corrected chi connectivity index (χ1v) is 13.3. The number of hydrogen-bond donors (Lipinski definition) is 0. The smallest absolute Gasteiger partial charge is 0.288 e. The second-order valence-electron chi connectivity index (χ2n) is 7.98. The Labute approximate surface area is 257 Å². The number of benzene rings is 4. The molecule has 0 aliphatic heterocycles. The van der Waals surface area contributed by atoms with Crippen LogP contribution >= 0.6 is 69.6 Å². The minimum absolute atomic E-state index is 0.0238. The molecule has 0 atom stereocenters. The van der Waals surface area contributed by atoms with Crippen LogP contribution in [0.5, 0.6) is 0 Å². The minimum atomic E-state index is -1.21. The maximum absolute atomic E-state index is 13.0. The Morgan fingerprint density at radius 1 is 0.450 bits per heavy atom. The summed E-state index contributed by atoms with van der Waals surface area (Å²) in [5.41, 5.74) is -0.526. The monoisotopic (exact) mass is 654 g/mol. The normalized spacial score (nSPS) is 10.7. The van der Waals surface area contributed by atoms with Gasteiger partial charge in [0.1, 0.15) is 0 Å². The van der Waals surface area contributed by atoms with Crippen molar-refractivity contribution in [3.63, 3.8) is 0 Å². The Balaban J connectivity index is 1.55. The molecule has 12 heteroatoms. The zero-order chi connectivity index (χ0) is 29.1. The first-order chi connectivity index (χ1) is 19.0. The molecule has 0 aliphatic rings. The van der Waals surface area contributed by atoms with Gasteiger partial charge in [-0.1, -0.05) is 69.6 Å². The van der Waals surface area contributed by atoms with Crippen LogP contribution in [0, 0.1) is 0 Å². The molecular weight excluding hydrogens is 645 g/mol. The number of ketones is 2. The highest BCUT2D eigenvalue weighted by atomic mass is 35.5. The van der Waals surface area contributed by atoms with Crippen LogP contribution in [0.2, 0.25) is 30.1 Å². The highest BCUT2D eigenvalue weighted by Gasteiger charge is 2.27. The lowest BCUT2D eigenvalue weighted by molar-refractivity contribution is -0.187. The van der Waals surface area contributed by atoms with Gasteiger partial charge in [0.2, 0.25) is 0 Å². The van der Waals surface area contributed by atoms with Crippen molar-refractivity contribution in [1.82, 2.24) is 0 Å². The Kier molecular flexibility index (Phi) is 9.41. The fraction of sp³-hybridized carbons (Fsp3) is 0. The van der Waals surface area contributed by atoms with Gasteiger partial charge in [-0.2, -0.15) is 0 Å². The second kappa shape index (κ2) is 12.6. The van der Waals surface area contributed by atoms with Gasteiger partial charge in [0.15, 0.2) is 11.6 Å². The lowest BCUT2D eigenvalue weighted by Gasteiger charge is -2.12. The molecule has 0 amide bonds. The molecule has 202 valence electrons. The quantitative estimate of drug-likeness (QED) is 0.117. The lowest BCUT2D eigenvalue weighted by atomic mass is 10.0. The molecule has 0 saturated heterocycles. The van der Waals surface area contributed by atoms with Crippen molar-refractivity contribution in [3.8, 4) is 0 Å². The fourth-order valence-corrected chi connectivity index (χ4v) is 4.98. The van der Waals surface area contributed by atoms with Crippen molar-refractivity contribution in [2.75, 3.05) is 0 Å². The van der Waals surface area contributed by atoms with Crippen molar-refractivity contribution in [2.24, 2.45) is 0 Å².